The lowest BCUT2D eigenvalue weighted by molar-refractivity contribution is -0.0199. The van der Waals surface area contributed by atoms with Gasteiger partial charge < -0.3 is 9.47 Å². The highest BCUT2D eigenvalue weighted by molar-refractivity contribution is 4.78. The number of hydrogen-bond acceptors (Lipinski definition) is 2. The first kappa shape index (κ1) is 5.69. The van der Waals surface area contributed by atoms with E-state index in [-0.39, 0.29) is 0 Å². The second kappa shape index (κ2) is 2.27. The molecule has 2 heterocycles. The van der Waals surface area contributed by atoms with Crippen molar-refractivity contribution >= 4 is 0 Å². The van der Waals surface area contributed by atoms with Crippen molar-refractivity contribution in [2.45, 2.75) is 18.9 Å². The fourth-order valence-corrected chi connectivity index (χ4v) is 1.64. The summed E-state index contributed by atoms with van der Waals surface area (Å²) in [6.45, 7) is 2.80. The van der Waals surface area contributed by atoms with E-state index >= 15 is 0 Å². The Labute approximate surface area is 55.1 Å². The van der Waals surface area contributed by atoms with Crippen LogP contribution >= 0.6 is 0 Å². The molecule has 0 spiro atoms. The van der Waals surface area contributed by atoms with Crippen LogP contribution in [-0.4, -0.2) is 25.9 Å². The molecule has 2 saturated heterocycles. The van der Waals surface area contributed by atoms with Crippen molar-refractivity contribution in [3.8, 4) is 0 Å². The second-order valence-electron chi connectivity index (χ2n) is 2.82. The van der Waals surface area contributed by atoms with Gasteiger partial charge in [0.25, 0.3) is 0 Å². The summed E-state index contributed by atoms with van der Waals surface area (Å²) in [5, 5.41) is 0. The summed E-state index contributed by atoms with van der Waals surface area (Å²) >= 11 is 0. The summed E-state index contributed by atoms with van der Waals surface area (Å²) in [6, 6.07) is 0. The smallest absolute Gasteiger partial charge is 0.0648 e. The Hall–Kier alpha value is -0.0800. The highest BCUT2D eigenvalue weighted by Gasteiger charge is 2.30. The first-order valence-corrected chi connectivity index (χ1v) is 3.66. The fraction of sp³-hybridized carbons (Fsp3) is 1.00. The number of rotatable bonds is 0. The Morgan fingerprint density at radius 2 is 2.11 bits per heavy atom. The standard InChI is InChI=1S/C7H12O2/c1-4-9-7-2-3-8-5-6(1)7/h6-7H,1-5H2. The average molecular weight is 128 g/mol. The Balaban J connectivity index is 1.97. The maximum absolute atomic E-state index is 5.48. The highest BCUT2D eigenvalue weighted by Crippen LogP contribution is 2.26. The zero-order chi connectivity index (χ0) is 6.10. The highest BCUT2D eigenvalue weighted by atomic mass is 16.5. The van der Waals surface area contributed by atoms with Gasteiger partial charge in [0.1, 0.15) is 0 Å². The number of ether oxygens (including phenoxy) is 2. The lowest BCUT2D eigenvalue weighted by Gasteiger charge is -2.23. The largest absolute Gasteiger partial charge is 0.381 e. The molecular weight excluding hydrogens is 116 g/mol. The minimum Gasteiger partial charge on any atom is -0.381 e. The predicted octanol–water partition coefficient (Wildman–Crippen LogP) is 0.812. The van der Waals surface area contributed by atoms with E-state index in [1.165, 1.54) is 6.42 Å². The molecule has 2 heteroatoms. The molecule has 2 atom stereocenters. The van der Waals surface area contributed by atoms with E-state index in [0.29, 0.717) is 6.10 Å². The van der Waals surface area contributed by atoms with Crippen LogP contribution in [0.3, 0.4) is 0 Å². The molecule has 0 aromatic carbocycles. The summed E-state index contributed by atoms with van der Waals surface area (Å²) in [6.07, 6.45) is 2.87. The SMILES string of the molecule is C1CC2OCCC2CO1. The summed E-state index contributed by atoms with van der Waals surface area (Å²) in [5.41, 5.74) is 0. The molecule has 0 saturated carbocycles. The molecule has 0 aromatic rings. The topological polar surface area (TPSA) is 18.5 Å². The van der Waals surface area contributed by atoms with Crippen molar-refractivity contribution in [2.75, 3.05) is 19.8 Å². The van der Waals surface area contributed by atoms with E-state index in [1.807, 2.05) is 0 Å². The number of hydrogen-bond donors (Lipinski definition) is 0. The third-order valence-corrected chi connectivity index (χ3v) is 2.22. The molecule has 2 fully saturated rings. The van der Waals surface area contributed by atoms with Gasteiger partial charge in [-0.25, -0.2) is 0 Å². The van der Waals surface area contributed by atoms with Crippen LogP contribution in [0.25, 0.3) is 0 Å². The van der Waals surface area contributed by atoms with Crippen molar-refractivity contribution in [1.82, 2.24) is 0 Å². The normalized spacial score (nSPS) is 42.7. The molecule has 0 bridgehead atoms. The lowest BCUT2D eigenvalue weighted by Crippen LogP contribution is -2.28. The van der Waals surface area contributed by atoms with E-state index in [1.54, 1.807) is 0 Å². The monoisotopic (exact) mass is 128 g/mol. The summed E-state index contributed by atoms with van der Waals surface area (Å²) in [5.74, 6) is 0.721. The van der Waals surface area contributed by atoms with Crippen LogP contribution in [0.2, 0.25) is 0 Å². The molecule has 0 aliphatic carbocycles. The summed E-state index contributed by atoms with van der Waals surface area (Å²) in [4.78, 5) is 0. The molecule has 2 nitrogen and oxygen atoms in total. The van der Waals surface area contributed by atoms with Gasteiger partial charge in [0, 0.05) is 19.1 Å². The molecule has 0 N–H and O–H groups in total. The van der Waals surface area contributed by atoms with E-state index in [0.717, 1.165) is 32.2 Å². The van der Waals surface area contributed by atoms with Crippen LogP contribution < -0.4 is 0 Å². The maximum Gasteiger partial charge on any atom is 0.0648 e. The molecule has 2 aliphatic heterocycles. The number of fused-ring (bicyclic) bond motifs is 1. The van der Waals surface area contributed by atoms with Crippen LogP contribution in [0.5, 0.6) is 0 Å². The second-order valence-corrected chi connectivity index (χ2v) is 2.82. The van der Waals surface area contributed by atoms with Crippen LogP contribution in [-0.2, 0) is 9.47 Å². The first-order chi connectivity index (χ1) is 4.47. The Bertz CT molecular complexity index is 91.1. The molecule has 2 aliphatic rings. The third kappa shape index (κ3) is 0.970. The van der Waals surface area contributed by atoms with E-state index in [2.05, 4.69) is 0 Å². The van der Waals surface area contributed by atoms with Crippen molar-refractivity contribution < 1.29 is 9.47 Å². The van der Waals surface area contributed by atoms with Gasteiger partial charge in [-0.1, -0.05) is 0 Å². The zero-order valence-electron chi connectivity index (χ0n) is 5.51. The summed E-state index contributed by atoms with van der Waals surface area (Å²) < 4.78 is 10.8. The van der Waals surface area contributed by atoms with Gasteiger partial charge in [0.05, 0.1) is 12.7 Å². The van der Waals surface area contributed by atoms with Gasteiger partial charge in [-0.3, -0.25) is 0 Å². The molecule has 2 unspecified atom stereocenters. The minimum atomic E-state index is 0.541. The average Bonchev–Trinajstić information content (AvgIpc) is 2.33. The molecular formula is C7H12O2. The van der Waals surface area contributed by atoms with Crippen LogP contribution in [0.1, 0.15) is 12.8 Å². The van der Waals surface area contributed by atoms with Crippen LogP contribution in [0.15, 0.2) is 0 Å². The van der Waals surface area contributed by atoms with Gasteiger partial charge in [-0.2, -0.15) is 0 Å². The first-order valence-electron chi connectivity index (χ1n) is 3.66. The zero-order valence-corrected chi connectivity index (χ0v) is 5.51. The van der Waals surface area contributed by atoms with Gasteiger partial charge in [-0.15, -0.1) is 0 Å². The predicted molar refractivity (Wildman–Crippen MR) is 33.3 cm³/mol. The molecule has 52 valence electrons. The molecule has 0 amide bonds. The Kier molecular flexibility index (Phi) is 1.44. The van der Waals surface area contributed by atoms with Gasteiger partial charge >= 0.3 is 0 Å². The van der Waals surface area contributed by atoms with E-state index in [4.69, 9.17) is 9.47 Å². The molecule has 0 radical (unpaired) electrons. The molecule has 0 aromatic heterocycles. The Morgan fingerprint density at radius 1 is 1.11 bits per heavy atom. The quantitative estimate of drug-likeness (QED) is 0.480. The minimum absolute atomic E-state index is 0.541. The fourth-order valence-electron chi connectivity index (χ4n) is 1.64. The maximum atomic E-state index is 5.48. The van der Waals surface area contributed by atoms with Crippen molar-refractivity contribution in [2.24, 2.45) is 5.92 Å². The Morgan fingerprint density at radius 3 is 3.00 bits per heavy atom. The van der Waals surface area contributed by atoms with E-state index < -0.39 is 0 Å². The van der Waals surface area contributed by atoms with Crippen LogP contribution in [0.4, 0.5) is 0 Å². The van der Waals surface area contributed by atoms with Crippen LogP contribution in [0, 0.1) is 5.92 Å². The van der Waals surface area contributed by atoms with Crippen molar-refractivity contribution in [3.05, 3.63) is 0 Å². The lowest BCUT2D eigenvalue weighted by atomic mass is 9.99. The van der Waals surface area contributed by atoms with Gasteiger partial charge in [0.2, 0.25) is 0 Å². The summed E-state index contributed by atoms with van der Waals surface area (Å²) in [7, 11) is 0. The van der Waals surface area contributed by atoms with Crippen molar-refractivity contribution in [1.29, 1.82) is 0 Å². The molecule has 9 heavy (non-hydrogen) atoms. The van der Waals surface area contributed by atoms with E-state index in [9.17, 15) is 0 Å². The van der Waals surface area contributed by atoms with Gasteiger partial charge in [0.15, 0.2) is 0 Å². The van der Waals surface area contributed by atoms with Gasteiger partial charge in [-0.05, 0) is 12.8 Å². The van der Waals surface area contributed by atoms with Crippen molar-refractivity contribution in [3.63, 3.8) is 0 Å². The molecule has 2 rings (SSSR count). The third-order valence-electron chi connectivity index (χ3n) is 2.22.